The zero-order valence-electron chi connectivity index (χ0n) is 17.4. The van der Waals surface area contributed by atoms with E-state index in [4.69, 9.17) is 9.84 Å². The first-order chi connectivity index (χ1) is 14.9. The molecule has 3 aromatic rings. The Morgan fingerprint density at radius 1 is 1.03 bits per heavy atom. The third-order valence-corrected chi connectivity index (χ3v) is 6.18. The molecule has 2 aromatic carbocycles. The van der Waals surface area contributed by atoms with Crippen LogP contribution in [-0.2, 0) is 24.3 Å². The highest BCUT2D eigenvalue weighted by molar-refractivity contribution is 7.12. The molecule has 31 heavy (non-hydrogen) atoms. The number of amides is 1. The number of benzene rings is 2. The van der Waals surface area contributed by atoms with Crippen LogP contribution in [0.3, 0.4) is 0 Å². The SMILES string of the molecule is CCOCc1sc(Cc2ccc(F)cc2)c(C(=O)NCc2ccc(C(=O)O)cc2)c1C. The Morgan fingerprint density at radius 2 is 1.68 bits per heavy atom. The number of carboxylic acid groups (broad SMARTS) is 1. The first-order valence-corrected chi connectivity index (χ1v) is 10.7. The Morgan fingerprint density at radius 3 is 2.29 bits per heavy atom. The Kier molecular flexibility index (Phi) is 7.55. The molecule has 0 saturated heterocycles. The molecule has 0 fully saturated rings. The number of thiophene rings is 1. The molecule has 0 aliphatic carbocycles. The monoisotopic (exact) mass is 441 g/mol. The normalized spacial score (nSPS) is 10.8. The predicted octanol–water partition coefficient (Wildman–Crippen LogP) is 4.95. The molecule has 1 aromatic heterocycles. The van der Waals surface area contributed by atoms with Gasteiger partial charge in [-0.05, 0) is 54.8 Å². The Balaban J connectivity index is 1.80. The summed E-state index contributed by atoms with van der Waals surface area (Å²) in [5.41, 5.74) is 3.43. The average molecular weight is 442 g/mol. The lowest BCUT2D eigenvalue weighted by Gasteiger charge is -2.09. The number of carboxylic acids is 1. The standard InChI is InChI=1S/C24H24FNO4S/c1-3-30-14-21-15(2)22(20(31-21)12-16-6-10-19(25)11-7-16)23(27)26-13-17-4-8-18(9-5-17)24(28)29/h4-11H,3,12-14H2,1-2H3,(H,26,27)(H,28,29). The zero-order valence-corrected chi connectivity index (χ0v) is 18.2. The summed E-state index contributed by atoms with van der Waals surface area (Å²) in [6, 6.07) is 12.7. The van der Waals surface area contributed by atoms with Gasteiger partial charge >= 0.3 is 5.97 Å². The molecule has 162 valence electrons. The topological polar surface area (TPSA) is 75.6 Å². The van der Waals surface area contributed by atoms with Crippen molar-refractivity contribution in [2.75, 3.05) is 6.61 Å². The van der Waals surface area contributed by atoms with Crippen molar-refractivity contribution in [1.82, 2.24) is 5.32 Å². The van der Waals surface area contributed by atoms with Crippen LogP contribution in [0.25, 0.3) is 0 Å². The summed E-state index contributed by atoms with van der Waals surface area (Å²) < 4.78 is 18.8. The lowest BCUT2D eigenvalue weighted by atomic mass is 10.0. The maximum atomic E-state index is 13.3. The van der Waals surface area contributed by atoms with E-state index in [-0.39, 0.29) is 23.8 Å². The number of carbonyl (C=O) groups is 2. The number of rotatable bonds is 9. The summed E-state index contributed by atoms with van der Waals surface area (Å²) in [6.45, 7) is 5.14. The number of aromatic carboxylic acids is 1. The smallest absolute Gasteiger partial charge is 0.335 e. The van der Waals surface area contributed by atoms with Gasteiger partial charge in [0.2, 0.25) is 0 Å². The number of carbonyl (C=O) groups excluding carboxylic acids is 1. The number of hydrogen-bond donors (Lipinski definition) is 2. The molecule has 0 atom stereocenters. The molecule has 0 unspecified atom stereocenters. The van der Waals surface area contributed by atoms with E-state index in [9.17, 15) is 14.0 Å². The van der Waals surface area contributed by atoms with Gasteiger partial charge in [-0.1, -0.05) is 24.3 Å². The fourth-order valence-electron chi connectivity index (χ4n) is 3.20. The van der Waals surface area contributed by atoms with E-state index in [0.29, 0.717) is 25.2 Å². The number of ether oxygens (including phenoxy) is 1. The van der Waals surface area contributed by atoms with E-state index in [1.807, 2.05) is 13.8 Å². The molecule has 0 aliphatic rings. The molecule has 3 rings (SSSR count). The summed E-state index contributed by atoms with van der Waals surface area (Å²) in [4.78, 5) is 25.9. The van der Waals surface area contributed by atoms with Gasteiger partial charge in [0.1, 0.15) is 5.82 Å². The fourth-order valence-corrected chi connectivity index (χ4v) is 4.48. The molecule has 0 aliphatic heterocycles. The van der Waals surface area contributed by atoms with Crippen LogP contribution >= 0.6 is 11.3 Å². The minimum absolute atomic E-state index is 0.198. The van der Waals surface area contributed by atoms with Gasteiger partial charge < -0.3 is 15.2 Å². The van der Waals surface area contributed by atoms with Crippen LogP contribution in [0.4, 0.5) is 4.39 Å². The second-order valence-corrected chi connectivity index (χ2v) is 8.26. The van der Waals surface area contributed by atoms with Crippen LogP contribution in [0.5, 0.6) is 0 Å². The summed E-state index contributed by atoms with van der Waals surface area (Å²) in [5, 5.41) is 11.9. The minimum atomic E-state index is -0.989. The molecule has 1 heterocycles. The average Bonchev–Trinajstić information content (AvgIpc) is 3.07. The quantitative estimate of drug-likeness (QED) is 0.493. The largest absolute Gasteiger partial charge is 0.478 e. The van der Waals surface area contributed by atoms with Crippen LogP contribution in [-0.4, -0.2) is 23.6 Å². The summed E-state index contributed by atoms with van der Waals surface area (Å²) in [7, 11) is 0. The lowest BCUT2D eigenvalue weighted by Crippen LogP contribution is -2.24. The van der Waals surface area contributed by atoms with Crippen LogP contribution in [0.15, 0.2) is 48.5 Å². The van der Waals surface area contributed by atoms with Crippen molar-refractivity contribution in [1.29, 1.82) is 0 Å². The molecular formula is C24H24FNO4S. The van der Waals surface area contributed by atoms with E-state index >= 15 is 0 Å². The van der Waals surface area contributed by atoms with Crippen LogP contribution in [0, 0.1) is 12.7 Å². The molecule has 0 saturated carbocycles. The third kappa shape index (κ3) is 5.77. The Hall–Kier alpha value is -3.03. The second-order valence-electron chi connectivity index (χ2n) is 7.07. The summed E-state index contributed by atoms with van der Waals surface area (Å²) in [5.74, 6) is -1.48. The summed E-state index contributed by atoms with van der Waals surface area (Å²) >= 11 is 1.54. The zero-order chi connectivity index (χ0) is 22.4. The van der Waals surface area contributed by atoms with Crippen LogP contribution in [0.1, 0.15) is 54.1 Å². The van der Waals surface area contributed by atoms with Gasteiger partial charge in [0.05, 0.1) is 17.7 Å². The van der Waals surface area contributed by atoms with Gasteiger partial charge in [0.15, 0.2) is 0 Å². The van der Waals surface area contributed by atoms with Gasteiger partial charge in [-0.3, -0.25) is 4.79 Å². The molecule has 0 bridgehead atoms. The van der Waals surface area contributed by atoms with E-state index in [0.717, 1.165) is 26.4 Å². The van der Waals surface area contributed by atoms with Crippen molar-refractivity contribution in [3.63, 3.8) is 0 Å². The second kappa shape index (κ2) is 10.3. The van der Waals surface area contributed by atoms with E-state index in [1.54, 1.807) is 24.3 Å². The first-order valence-electron chi connectivity index (χ1n) is 9.92. The fraction of sp³-hybridized carbons (Fsp3) is 0.250. The Labute approximate surface area is 184 Å². The highest BCUT2D eigenvalue weighted by atomic mass is 32.1. The molecule has 0 radical (unpaired) electrons. The van der Waals surface area contributed by atoms with Crippen LogP contribution in [0.2, 0.25) is 0 Å². The lowest BCUT2D eigenvalue weighted by molar-refractivity contribution is 0.0696. The van der Waals surface area contributed by atoms with Crippen molar-refractivity contribution in [2.45, 2.75) is 33.4 Å². The van der Waals surface area contributed by atoms with Gasteiger partial charge in [0.25, 0.3) is 5.91 Å². The molecule has 7 heteroatoms. The number of halogens is 1. The third-order valence-electron chi connectivity index (χ3n) is 4.91. The van der Waals surface area contributed by atoms with Crippen molar-refractivity contribution in [2.24, 2.45) is 0 Å². The van der Waals surface area contributed by atoms with Gasteiger partial charge in [-0.25, -0.2) is 9.18 Å². The van der Waals surface area contributed by atoms with Crippen molar-refractivity contribution in [3.8, 4) is 0 Å². The predicted molar refractivity (Wildman–Crippen MR) is 118 cm³/mol. The maximum Gasteiger partial charge on any atom is 0.335 e. The molecule has 0 spiro atoms. The van der Waals surface area contributed by atoms with Gasteiger partial charge in [-0.2, -0.15) is 0 Å². The van der Waals surface area contributed by atoms with E-state index < -0.39 is 5.97 Å². The maximum absolute atomic E-state index is 13.3. The van der Waals surface area contributed by atoms with Crippen LogP contribution < -0.4 is 5.32 Å². The van der Waals surface area contributed by atoms with Gasteiger partial charge in [-0.15, -0.1) is 11.3 Å². The van der Waals surface area contributed by atoms with Crippen molar-refractivity contribution >= 4 is 23.2 Å². The van der Waals surface area contributed by atoms with E-state index in [2.05, 4.69) is 5.32 Å². The Bertz CT molecular complexity index is 1060. The number of nitrogens with one attached hydrogen (secondary N) is 1. The summed E-state index contributed by atoms with van der Waals surface area (Å²) in [6.07, 6.45) is 0.522. The van der Waals surface area contributed by atoms with Gasteiger partial charge in [0, 0.05) is 29.3 Å². The molecule has 1 amide bonds. The molecule has 5 nitrogen and oxygen atoms in total. The minimum Gasteiger partial charge on any atom is -0.478 e. The van der Waals surface area contributed by atoms with Crippen molar-refractivity contribution < 1.29 is 23.8 Å². The number of hydrogen-bond acceptors (Lipinski definition) is 4. The highest BCUT2D eigenvalue weighted by Gasteiger charge is 2.21. The van der Waals surface area contributed by atoms with Crippen molar-refractivity contribution in [3.05, 3.63) is 91.9 Å². The van der Waals surface area contributed by atoms with E-state index in [1.165, 1.54) is 35.6 Å². The molecule has 2 N–H and O–H groups in total. The highest BCUT2D eigenvalue weighted by Crippen LogP contribution is 2.31. The first kappa shape index (κ1) is 22.7. The molecular weight excluding hydrogens is 417 g/mol.